The number of H-pyrrole nitrogens is 1. The number of hydrogen-bond donors (Lipinski definition) is 2. The van der Waals surface area contributed by atoms with Crippen LogP contribution in [0.3, 0.4) is 0 Å². The van der Waals surface area contributed by atoms with Gasteiger partial charge in [-0.15, -0.1) is 0 Å². The molecule has 1 saturated heterocycles. The monoisotopic (exact) mass is 259 g/mol. The molecule has 0 bridgehead atoms. The van der Waals surface area contributed by atoms with E-state index in [1.807, 2.05) is 23.1 Å². The summed E-state index contributed by atoms with van der Waals surface area (Å²) in [6, 6.07) is 7.34. The van der Waals surface area contributed by atoms with Crippen molar-refractivity contribution < 1.29 is 9.90 Å². The highest BCUT2D eigenvalue weighted by Crippen LogP contribution is 2.23. The van der Waals surface area contributed by atoms with Gasteiger partial charge in [0.15, 0.2) is 5.82 Å². The van der Waals surface area contributed by atoms with E-state index in [2.05, 4.69) is 9.97 Å². The fraction of sp³-hybridized carbons (Fsp3) is 0.308. The molecule has 0 amide bonds. The number of rotatable bonds is 3. The van der Waals surface area contributed by atoms with E-state index >= 15 is 0 Å². The number of aromatic nitrogens is 2. The van der Waals surface area contributed by atoms with E-state index in [4.69, 9.17) is 5.11 Å². The zero-order chi connectivity index (χ0) is 13.4. The number of nitrogens with one attached hydrogen (secondary N) is 1. The quantitative estimate of drug-likeness (QED) is 0.852. The molecule has 2 heterocycles. The molecule has 6 heteroatoms. The summed E-state index contributed by atoms with van der Waals surface area (Å²) in [7, 11) is 0. The van der Waals surface area contributed by atoms with Crippen molar-refractivity contribution in [3.8, 4) is 0 Å². The second-order valence-corrected chi connectivity index (χ2v) is 4.78. The van der Waals surface area contributed by atoms with Crippen molar-refractivity contribution >= 4 is 22.8 Å². The molecule has 19 heavy (non-hydrogen) atoms. The maximum atomic E-state index is 11.9. The smallest absolute Gasteiger partial charge is 0.303 e. The van der Waals surface area contributed by atoms with Crippen molar-refractivity contribution in [2.45, 2.75) is 6.42 Å². The van der Waals surface area contributed by atoms with Gasteiger partial charge in [-0.3, -0.25) is 9.59 Å². The first-order valence-corrected chi connectivity index (χ1v) is 6.09. The van der Waals surface area contributed by atoms with Crippen LogP contribution in [0.2, 0.25) is 0 Å². The van der Waals surface area contributed by atoms with Gasteiger partial charge in [0.25, 0.3) is 5.56 Å². The number of fused-ring (bicyclic) bond motifs is 1. The number of anilines is 1. The maximum absolute atomic E-state index is 11.9. The first-order valence-electron chi connectivity index (χ1n) is 6.09. The maximum Gasteiger partial charge on any atom is 0.303 e. The van der Waals surface area contributed by atoms with Gasteiger partial charge >= 0.3 is 5.97 Å². The summed E-state index contributed by atoms with van der Waals surface area (Å²) in [5.41, 5.74) is 1.21. The molecular weight excluding hydrogens is 246 g/mol. The summed E-state index contributed by atoms with van der Waals surface area (Å²) < 4.78 is 0. The zero-order valence-corrected chi connectivity index (χ0v) is 10.2. The number of hydrogen-bond acceptors (Lipinski definition) is 4. The van der Waals surface area contributed by atoms with Crippen LogP contribution in [0.5, 0.6) is 0 Å². The molecule has 0 atom stereocenters. The van der Waals surface area contributed by atoms with Crippen LogP contribution in [0.1, 0.15) is 6.42 Å². The van der Waals surface area contributed by atoms with Gasteiger partial charge in [0.1, 0.15) is 0 Å². The van der Waals surface area contributed by atoms with Gasteiger partial charge in [-0.25, -0.2) is 4.98 Å². The third-order valence-corrected chi connectivity index (χ3v) is 3.30. The molecule has 0 radical (unpaired) electrons. The second kappa shape index (κ2) is 4.38. The molecule has 1 fully saturated rings. The lowest BCUT2D eigenvalue weighted by Gasteiger charge is -2.38. The van der Waals surface area contributed by atoms with Crippen molar-refractivity contribution in [3.05, 3.63) is 34.6 Å². The van der Waals surface area contributed by atoms with Gasteiger partial charge in [-0.2, -0.15) is 0 Å². The molecule has 2 aromatic rings. The Balaban J connectivity index is 1.85. The average molecular weight is 259 g/mol. The van der Waals surface area contributed by atoms with Crippen molar-refractivity contribution in [1.29, 1.82) is 0 Å². The van der Waals surface area contributed by atoms with Crippen molar-refractivity contribution in [2.24, 2.45) is 5.92 Å². The Morgan fingerprint density at radius 2 is 2.16 bits per heavy atom. The molecule has 2 N–H and O–H groups in total. The van der Waals surface area contributed by atoms with Gasteiger partial charge in [0.2, 0.25) is 0 Å². The number of benzene rings is 1. The Morgan fingerprint density at radius 1 is 1.42 bits per heavy atom. The Bertz CT molecular complexity index is 689. The Hall–Kier alpha value is -2.37. The number of carboxylic acid groups (broad SMARTS) is 1. The third kappa shape index (κ3) is 2.16. The standard InChI is InChI=1S/C13H13N3O3/c17-11(18)5-8-6-16(7-8)12-13(19)15-10-4-2-1-3-9(10)14-12/h1-4,8H,5-7H2,(H,15,19)(H,17,18). The van der Waals surface area contributed by atoms with Gasteiger partial charge in [0.05, 0.1) is 17.5 Å². The van der Waals surface area contributed by atoms with Gasteiger partial charge in [0, 0.05) is 19.0 Å². The van der Waals surface area contributed by atoms with Crippen LogP contribution in [0.25, 0.3) is 11.0 Å². The molecule has 0 spiro atoms. The number of carbonyl (C=O) groups is 1. The van der Waals surface area contributed by atoms with Crippen LogP contribution >= 0.6 is 0 Å². The molecule has 0 aliphatic carbocycles. The highest BCUT2D eigenvalue weighted by atomic mass is 16.4. The van der Waals surface area contributed by atoms with E-state index < -0.39 is 5.97 Å². The van der Waals surface area contributed by atoms with Crippen LogP contribution in [-0.2, 0) is 4.79 Å². The first-order chi connectivity index (χ1) is 9.13. The summed E-state index contributed by atoms with van der Waals surface area (Å²) in [5.74, 6) is -0.324. The van der Waals surface area contributed by atoms with Crippen molar-refractivity contribution in [2.75, 3.05) is 18.0 Å². The molecule has 3 rings (SSSR count). The van der Waals surface area contributed by atoms with Gasteiger partial charge in [-0.05, 0) is 12.1 Å². The number of nitrogens with zero attached hydrogens (tertiary/aromatic N) is 2. The molecule has 1 aromatic heterocycles. The number of para-hydroxylation sites is 2. The number of carboxylic acids is 1. The van der Waals surface area contributed by atoms with E-state index in [1.54, 1.807) is 6.07 Å². The lowest BCUT2D eigenvalue weighted by Crippen LogP contribution is -2.50. The fourth-order valence-corrected chi connectivity index (χ4v) is 2.35. The second-order valence-electron chi connectivity index (χ2n) is 4.78. The molecule has 1 aliphatic rings. The SMILES string of the molecule is O=C(O)CC1CN(c2nc3ccccc3[nH]c2=O)C1. The van der Waals surface area contributed by atoms with E-state index in [1.165, 1.54) is 0 Å². The highest BCUT2D eigenvalue weighted by Gasteiger charge is 2.31. The summed E-state index contributed by atoms with van der Waals surface area (Å²) in [4.78, 5) is 31.5. The molecule has 6 nitrogen and oxygen atoms in total. The molecule has 98 valence electrons. The summed E-state index contributed by atoms with van der Waals surface area (Å²) in [6.45, 7) is 1.14. The van der Waals surface area contributed by atoms with E-state index in [0.717, 1.165) is 5.52 Å². The minimum Gasteiger partial charge on any atom is -0.481 e. The van der Waals surface area contributed by atoms with E-state index in [-0.39, 0.29) is 17.9 Å². The zero-order valence-electron chi connectivity index (χ0n) is 10.2. The highest BCUT2D eigenvalue weighted by molar-refractivity contribution is 5.75. The van der Waals surface area contributed by atoms with Crippen LogP contribution in [0.4, 0.5) is 5.82 Å². The number of aromatic amines is 1. The van der Waals surface area contributed by atoms with E-state index in [0.29, 0.717) is 24.4 Å². The van der Waals surface area contributed by atoms with Crippen molar-refractivity contribution in [1.82, 2.24) is 9.97 Å². The predicted octanol–water partition coefficient (Wildman–Crippen LogP) is 0.834. The summed E-state index contributed by atoms with van der Waals surface area (Å²) in [5, 5.41) is 8.70. The molecule has 0 saturated carbocycles. The van der Waals surface area contributed by atoms with Gasteiger partial charge in [-0.1, -0.05) is 12.1 Å². The predicted molar refractivity (Wildman–Crippen MR) is 70.3 cm³/mol. The van der Waals surface area contributed by atoms with Crippen LogP contribution in [0, 0.1) is 5.92 Å². The Morgan fingerprint density at radius 3 is 2.89 bits per heavy atom. The molecular formula is C13H13N3O3. The minimum atomic E-state index is -0.801. The van der Waals surface area contributed by atoms with Crippen LogP contribution < -0.4 is 10.5 Å². The molecule has 1 aliphatic heterocycles. The van der Waals surface area contributed by atoms with E-state index in [9.17, 15) is 9.59 Å². The normalized spacial score (nSPS) is 15.5. The first kappa shape index (κ1) is 11.7. The molecule has 1 aromatic carbocycles. The number of aliphatic carboxylic acids is 1. The largest absolute Gasteiger partial charge is 0.481 e. The average Bonchev–Trinajstić information content (AvgIpc) is 2.32. The van der Waals surface area contributed by atoms with Crippen molar-refractivity contribution in [3.63, 3.8) is 0 Å². The van der Waals surface area contributed by atoms with Crippen LogP contribution in [-0.4, -0.2) is 34.1 Å². The topological polar surface area (TPSA) is 86.3 Å². The Kier molecular flexibility index (Phi) is 2.70. The Labute approximate surface area is 108 Å². The third-order valence-electron chi connectivity index (χ3n) is 3.30. The minimum absolute atomic E-state index is 0.102. The van der Waals surface area contributed by atoms with Crippen LogP contribution in [0.15, 0.2) is 29.1 Å². The fourth-order valence-electron chi connectivity index (χ4n) is 2.35. The lowest BCUT2D eigenvalue weighted by molar-refractivity contribution is -0.138. The summed E-state index contributed by atoms with van der Waals surface area (Å²) in [6.07, 6.45) is 0.141. The summed E-state index contributed by atoms with van der Waals surface area (Å²) >= 11 is 0. The molecule has 0 unspecified atom stereocenters. The van der Waals surface area contributed by atoms with Gasteiger partial charge < -0.3 is 15.0 Å². The lowest BCUT2D eigenvalue weighted by atomic mass is 9.96.